The zero-order valence-electron chi connectivity index (χ0n) is 15.3. The van der Waals surface area contributed by atoms with Gasteiger partial charge in [0.15, 0.2) is 5.96 Å². The van der Waals surface area contributed by atoms with E-state index in [0.29, 0.717) is 12.5 Å². The summed E-state index contributed by atoms with van der Waals surface area (Å²) in [6.45, 7) is 5.29. The molecule has 2 N–H and O–H groups in total. The second-order valence-electron chi connectivity index (χ2n) is 6.59. The number of thiazole rings is 1. The molecule has 0 saturated carbocycles. The van der Waals surface area contributed by atoms with Crippen LogP contribution < -0.4 is 10.6 Å². The molecule has 1 aliphatic rings. The minimum Gasteiger partial charge on any atom is -0.469 e. The molecule has 0 amide bonds. The van der Waals surface area contributed by atoms with E-state index in [0.717, 1.165) is 49.3 Å². The Balaban J connectivity index is 1.51. The van der Waals surface area contributed by atoms with Crippen molar-refractivity contribution in [1.82, 2.24) is 15.6 Å². The van der Waals surface area contributed by atoms with Gasteiger partial charge in [0, 0.05) is 43.6 Å². The smallest absolute Gasteiger partial charge is 0.191 e. The molecule has 0 bridgehead atoms. The van der Waals surface area contributed by atoms with Crippen LogP contribution in [0.3, 0.4) is 0 Å². The van der Waals surface area contributed by atoms with Crippen molar-refractivity contribution in [1.29, 1.82) is 0 Å². The van der Waals surface area contributed by atoms with Crippen LogP contribution in [-0.2, 0) is 11.2 Å². The number of nitrogens with one attached hydrogen (secondary N) is 2. The third-order valence-corrected chi connectivity index (χ3v) is 5.42. The minimum absolute atomic E-state index is 0.275. The first-order chi connectivity index (χ1) is 12.8. The third kappa shape index (κ3) is 6.14. The van der Waals surface area contributed by atoms with Crippen molar-refractivity contribution in [3.05, 3.63) is 40.7 Å². The van der Waals surface area contributed by atoms with E-state index in [9.17, 15) is 0 Å². The van der Waals surface area contributed by atoms with Crippen LogP contribution in [0.5, 0.6) is 0 Å². The molecule has 2 aromatic rings. The van der Waals surface area contributed by atoms with Gasteiger partial charge in [-0.05, 0) is 31.4 Å². The lowest BCUT2D eigenvalue weighted by Crippen LogP contribution is -2.43. The quantitative estimate of drug-likeness (QED) is 0.547. The summed E-state index contributed by atoms with van der Waals surface area (Å²) in [5.41, 5.74) is 0. The van der Waals surface area contributed by atoms with Crippen LogP contribution in [0.1, 0.15) is 42.9 Å². The molecule has 1 saturated heterocycles. The van der Waals surface area contributed by atoms with Crippen molar-refractivity contribution < 1.29 is 9.15 Å². The molecule has 0 aromatic carbocycles. The van der Waals surface area contributed by atoms with Crippen molar-refractivity contribution >= 4 is 17.3 Å². The predicted octanol–water partition coefficient (Wildman–Crippen LogP) is 3.19. The van der Waals surface area contributed by atoms with Gasteiger partial charge >= 0.3 is 0 Å². The largest absolute Gasteiger partial charge is 0.469 e. The second kappa shape index (κ2) is 10.3. The monoisotopic (exact) mass is 376 g/mol. The third-order valence-electron chi connectivity index (χ3n) is 4.41. The average Bonchev–Trinajstić information content (AvgIpc) is 3.38. The van der Waals surface area contributed by atoms with Crippen LogP contribution in [0.2, 0.25) is 0 Å². The summed E-state index contributed by atoms with van der Waals surface area (Å²) in [5.74, 6) is 2.11. The summed E-state index contributed by atoms with van der Waals surface area (Å²) >= 11 is 1.68. The lowest BCUT2D eigenvalue weighted by molar-refractivity contribution is 0.0194. The van der Waals surface area contributed by atoms with Crippen LogP contribution in [0, 0.1) is 0 Å². The SMILES string of the molecule is CC(CN=C(NCCc1ccco1)NCC1CCCCO1)c1nccs1. The Morgan fingerprint density at radius 3 is 3.12 bits per heavy atom. The zero-order valence-corrected chi connectivity index (χ0v) is 16.1. The van der Waals surface area contributed by atoms with Crippen molar-refractivity contribution in [2.75, 3.05) is 26.2 Å². The Bertz CT molecular complexity index is 637. The Hall–Kier alpha value is -1.86. The second-order valence-corrected chi connectivity index (χ2v) is 7.51. The summed E-state index contributed by atoms with van der Waals surface area (Å²) in [4.78, 5) is 9.14. The van der Waals surface area contributed by atoms with E-state index in [4.69, 9.17) is 14.1 Å². The van der Waals surface area contributed by atoms with Gasteiger partial charge in [0.05, 0.1) is 23.9 Å². The van der Waals surface area contributed by atoms with Gasteiger partial charge in [-0.2, -0.15) is 0 Å². The molecule has 1 fully saturated rings. The molecule has 0 aliphatic carbocycles. The maximum Gasteiger partial charge on any atom is 0.191 e. The lowest BCUT2D eigenvalue weighted by atomic mass is 10.1. The Labute approximate surface area is 159 Å². The number of nitrogens with zero attached hydrogens (tertiary/aromatic N) is 2. The van der Waals surface area contributed by atoms with E-state index in [2.05, 4.69) is 22.5 Å². The van der Waals surface area contributed by atoms with Gasteiger partial charge in [-0.3, -0.25) is 4.99 Å². The summed E-state index contributed by atoms with van der Waals surface area (Å²) in [6, 6.07) is 3.91. The lowest BCUT2D eigenvalue weighted by Gasteiger charge is -2.24. The molecule has 3 heterocycles. The highest BCUT2D eigenvalue weighted by Gasteiger charge is 2.14. The summed E-state index contributed by atoms with van der Waals surface area (Å²) in [7, 11) is 0. The molecular formula is C19H28N4O2S. The predicted molar refractivity (Wildman–Crippen MR) is 105 cm³/mol. The standard InChI is InChI=1S/C19H28N4O2S/c1-15(18-20-9-12-26-18)13-22-19(21-8-7-16-6-4-11-24-16)23-14-17-5-2-3-10-25-17/h4,6,9,11-12,15,17H,2-3,5,7-8,10,13-14H2,1H3,(H2,21,22,23). The minimum atomic E-state index is 0.275. The molecule has 7 heteroatoms. The fraction of sp³-hybridized carbons (Fsp3) is 0.579. The first-order valence-electron chi connectivity index (χ1n) is 9.37. The Morgan fingerprint density at radius 2 is 2.38 bits per heavy atom. The number of ether oxygens (including phenoxy) is 1. The van der Waals surface area contributed by atoms with Gasteiger partial charge in [-0.1, -0.05) is 6.92 Å². The summed E-state index contributed by atoms with van der Waals surface area (Å²) < 4.78 is 11.2. The first-order valence-corrected chi connectivity index (χ1v) is 10.2. The van der Waals surface area contributed by atoms with Crippen molar-refractivity contribution in [3.8, 4) is 0 Å². The van der Waals surface area contributed by atoms with Crippen LogP contribution >= 0.6 is 11.3 Å². The molecule has 26 heavy (non-hydrogen) atoms. The maximum absolute atomic E-state index is 5.81. The normalized spacial score (nSPS) is 19.3. The fourth-order valence-electron chi connectivity index (χ4n) is 2.90. The van der Waals surface area contributed by atoms with E-state index < -0.39 is 0 Å². The topological polar surface area (TPSA) is 71.7 Å². The van der Waals surface area contributed by atoms with E-state index in [1.165, 1.54) is 12.8 Å². The number of hydrogen-bond donors (Lipinski definition) is 2. The number of furan rings is 1. The molecule has 2 unspecified atom stereocenters. The van der Waals surface area contributed by atoms with E-state index in [-0.39, 0.29) is 6.10 Å². The highest BCUT2D eigenvalue weighted by molar-refractivity contribution is 7.09. The molecule has 1 aliphatic heterocycles. The number of guanidine groups is 1. The highest BCUT2D eigenvalue weighted by Crippen LogP contribution is 2.17. The average molecular weight is 377 g/mol. The number of aromatic nitrogens is 1. The number of rotatable bonds is 8. The summed E-state index contributed by atoms with van der Waals surface area (Å²) in [6.07, 6.45) is 8.19. The molecule has 3 rings (SSSR count). The first kappa shape index (κ1) is 18.9. The van der Waals surface area contributed by atoms with Gasteiger partial charge in [-0.25, -0.2) is 4.98 Å². The Kier molecular flexibility index (Phi) is 7.51. The molecule has 0 spiro atoms. The van der Waals surface area contributed by atoms with Crippen LogP contribution in [0.4, 0.5) is 0 Å². The Morgan fingerprint density at radius 1 is 1.42 bits per heavy atom. The molecular weight excluding hydrogens is 348 g/mol. The van der Waals surface area contributed by atoms with Gasteiger partial charge in [-0.15, -0.1) is 11.3 Å². The van der Waals surface area contributed by atoms with Crippen molar-refractivity contribution in [2.24, 2.45) is 4.99 Å². The summed E-state index contributed by atoms with van der Waals surface area (Å²) in [5, 5.41) is 9.98. The van der Waals surface area contributed by atoms with Gasteiger partial charge in [0.25, 0.3) is 0 Å². The van der Waals surface area contributed by atoms with E-state index >= 15 is 0 Å². The molecule has 0 radical (unpaired) electrons. The van der Waals surface area contributed by atoms with Crippen LogP contribution in [-0.4, -0.2) is 43.3 Å². The van der Waals surface area contributed by atoms with E-state index in [1.807, 2.05) is 23.7 Å². The van der Waals surface area contributed by atoms with Gasteiger partial charge in [0.1, 0.15) is 5.76 Å². The number of aliphatic imine (C=N–C) groups is 1. The van der Waals surface area contributed by atoms with Crippen LogP contribution in [0.15, 0.2) is 39.4 Å². The van der Waals surface area contributed by atoms with Gasteiger partial charge < -0.3 is 19.8 Å². The maximum atomic E-state index is 5.81. The van der Waals surface area contributed by atoms with Crippen molar-refractivity contribution in [2.45, 2.75) is 44.6 Å². The van der Waals surface area contributed by atoms with Gasteiger partial charge in [0.2, 0.25) is 0 Å². The number of hydrogen-bond acceptors (Lipinski definition) is 5. The molecule has 142 valence electrons. The zero-order chi connectivity index (χ0) is 18.0. The molecule has 2 atom stereocenters. The van der Waals surface area contributed by atoms with Crippen molar-refractivity contribution in [3.63, 3.8) is 0 Å². The van der Waals surface area contributed by atoms with E-state index in [1.54, 1.807) is 17.6 Å². The fourth-order valence-corrected chi connectivity index (χ4v) is 3.59. The molecule has 6 nitrogen and oxygen atoms in total. The van der Waals surface area contributed by atoms with Crippen LogP contribution in [0.25, 0.3) is 0 Å². The highest BCUT2D eigenvalue weighted by atomic mass is 32.1. The molecule has 2 aromatic heterocycles.